The lowest BCUT2D eigenvalue weighted by molar-refractivity contribution is -0.132. The Kier molecular flexibility index (Phi) is 5.35. The summed E-state index contributed by atoms with van der Waals surface area (Å²) >= 11 is 0. The van der Waals surface area contributed by atoms with E-state index in [-0.39, 0.29) is 24.5 Å². The van der Waals surface area contributed by atoms with Gasteiger partial charge in [0.1, 0.15) is 13.2 Å². The number of Topliss-reactive ketones (excluding diaryl/α,β-unsaturated/α-hetero) is 1. The molecule has 1 atom stereocenters. The van der Waals surface area contributed by atoms with Crippen molar-refractivity contribution in [2.45, 2.75) is 31.7 Å². The van der Waals surface area contributed by atoms with Crippen LogP contribution in [0.3, 0.4) is 0 Å². The number of nitrogens with zero attached hydrogens (tertiary/aromatic N) is 1. The van der Waals surface area contributed by atoms with Gasteiger partial charge in [-0.15, -0.1) is 0 Å². The number of amides is 1. The fourth-order valence-corrected chi connectivity index (χ4v) is 3.18. The van der Waals surface area contributed by atoms with E-state index in [9.17, 15) is 9.59 Å². The SMILES string of the molecule is CNC1CCCN(C(=O)CCC(=O)c2ccc3c(c2)OCCO3)C1. The van der Waals surface area contributed by atoms with E-state index >= 15 is 0 Å². The molecule has 0 saturated carbocycles. The molecule has 6 nitrogen and oxygen atoms in total. The first-order valence-corrected chi connectivity index (χ1v) is 8.55. The topological polar surface area (TPSA) is 67.9 Å². The van der Waals surface area contributed by atoms with Gasteiger partial charge in [-0.25, -0.2) is 0 Å². The maximum atomic E-state index is 12.4. The minimum Gasteiger partial charge on any atom is -0.486 e. The average Bonchev–Trinajstić information content (AvgIpc) is 2.65. The molecule has 1 aromatic carbocycles. The Morgan fingerprint density at radius 2 is 2.00 bits per heavy atom. The van der Waals surface area contributed by atoms with Crippen LogP contribution in [0.25, 0.3) is 0 Å². The molecule has 3 rings (SSSR count). The lowest BCUT2D eigenvalue weighted by Crippen LogP contribution is -2.47. The number of rotatable bonds is 5. The van der Waals surface area contributed by atoms with Gasteiger partial charge in [-0.1, -0.05) is 0 Å². The molecule has 130 valence electrons. The van der Waals surface area contributed by atoms with Crippen LogP contribution in [0, 0.1) is 0 Å². The van der Waals surface area contributed by atoms with Crippen molar-refractivity contribution in [3.05, 3.63) is 23.8 Å². The number of ether oxygens (including phenoxy) is 2. The van der Waals surface area contributed by atoms with Crippen molar-refractivity contribution in [3.8, 4) is 11.5 Å². The Hall–Kier alpha value is -2.08. The van der Waals surface area contributed by atoms with Crippen LogP contribution in [0.5, 0.6) is 11.5 Å². The Morgan fingerprint density at radius 3 is 2.79 bits per heavy atom. The third-order valence-electron chi connectivity index (χ3n) is 4.61. The molecule has 24 heavy (non-hydrogen) atoms. The Labute approximate surface area is 142 Å². The molecule has 1 N–H and O–H groups in total. The van der Waals surface area contributed by atoms with Gasteiger partial charge in [-0.05, 0) is 38.1 Å². The van der Waals surface area contributed by atoms with Gasteiger partial charge in [0.05, 0.1) is 0 Å². The highest BCUT2D eigenvalue weighted by atomic mass is 16.6. The zero-order valence-electron chi connectivity index (χ0n) is 14.0. The smallest absolute Gasteiger partial charge is 0.223 e. The van der Waals surface area contributed by atoms with Gasteiger partial charge in [0.25, 0.3) is 0 Å². The minimum atomic E-state index is -0.0394. The number of likely N-dealkylation sites (N-methyl/N-ethyl adjacent to an activating group) is 1. The van der Waals surface area contributed by atoms with Gasteiger partial charge < -0.3 is 19.7 Å². The molecule has 0 bridgehead atoms. The quantitative estimate of drug-likeness (QED) is 0.830. The van der Waals surface area contributed by atoms with E-state index in [2.05, 4.69) is 5.32 Å². The van der Waals surface area contributed by atoms with Gasteiger partial charge >= 0.3 is 0 Å². The second kappa shape index (κ2) is 7.66. The summed E-state index contributed by atoms with van der Waals surface area (Å²) in [6, 6.07) is 5.56. The molecule has 2 heterocycles. The van der Waals surface area contributed by atoms with Crippen molar-refractivity contribution in [3.63, 3.8) is 0 Å². The van der Waals surface area contributed by atoms with Crippen LogP contribution in [-0.2, 0) is 4.79 Å². The zero-order valence-corrected chi connectivity index (χ0v) is 14.0. The van der Waals surface area contributed by atoms with E-state index in [0.29, 0.717) is 36.3 Å². The second-order valence-electron chi connectivity index (χ2n) is 6.25. The average molecular weight is 332 g/mol. The molecule has 1 unspecified atom stereocenters. The van der Waals surface area contributed by atoms with Gasteiger partial charge in [0, 0.05) is 37.5 Å². The number of hydrogen-bond acceptors (Lipinski definition) is 5. The summed E-state index contributed by atoms with van der Waals surface area (Å²) in [6.07, 6.45) is 2.58. The number of carbonyl (C=O) groups is 2. The summed E-state index contributed by atoms with van der Waals surface area (Å²) in [4.78, 5) is 26.6. The number of piperidine rings is 1. The first-order valence-electron chi connectivity index (χ1n) is 8.55. The molecule has 1 saturated heterocycles. The highest BCUT2D eigenvalue weighted by Gasteiger charge is 2.23. The molecule has 0 aliphatic carbocycles. The molecular weight excluding hydrogens is 308 g/mol. The summed E-state index contributed by atoms with van der Waals surface area (Å²) in [5, 5.41) is 3.22. The van der Waals surface area contributed by atoms with Crippen molar-refractivity contribution < 1.29 is 19.1 Å². The molecule has 0 radical (unpaired) electrons. The fraction of sp³-hybridized carbons (Fsp3) is 0.556. The molecule has 1 fully saturated rings. The summed E-state index contributed by atoms with van der Waals surface area (Å²) in [6.45, 7) is 2.53. The zero-order chi connectivity index (χ0) is 16.9. The maximum absolute atomic E-state index is 12.4. The maximum Gasteiger partial charge on any atom is 0.223 e. The van der Waals surface area contributed by atoms with Crippen molar-refractivity contribution >= 4 is 11.7 Å². The van der Waals surface area contributed by atoms with Crippen molar-refractivity contribution in [1.29, 1.82) is 0 Å². The second-order valence-corrected chi connectivity index (χ2v) is 6.25. The van der Waals surface area contributed by atoms with Crippen molar-refractivity contribution in [2.24, 2.45) is 0 Å². The minimum absolute atomic E-state index is 0.0394. The Morgan fingerprint density at radius 1 is 1.21 bits per heavy atom. The number of hydrogen-bond donors (Lipinski definition) is 1. The normalized spacial score (nSPS) is 19.9. The molecule has 2 aliphatic heterocycles. The van der Waals surface area contributed by atoms with E-state index < -0.39 is 0 Å². The largest absolute Gasteiger partial charge is 0.486 e. The van der Waals surface area contributed by atoms with Crippen LogP contribution in [-0.4, -0.2) is 56.0 Å². The summed E-state index contributed by atoms with van der Waals surface area (Å²) in [5.41, 5.74) is 0.568. The Balaban J connectivity index is 1.54. The van der Waals surface area contributed by atoms with E-state index in [1.807, 2.05) is 11.9 Å². The standard InChI is InChI=1S/C18H24N2O4/c1-19-14-3-2-8-20(12-14)18(22)7-5-15(21)13-4-6-16-17(11-13)24-10-9-23-16/h4,6,11,14,19H,2-3,5,7-10,12H2,1H3. The predicted octanol–water partition coefficient (Wildman–Crippen LogP) is 1.63. The molecule has 6 heteroatoms. The molecule has 0 aromatic heterocycles. The summed E-state index contributed by atoms with van der Waals surface area (Å²) in [5.74, 6) is 1.29. The van der Waals surface area contributed by atoms with Gasteiger partial charge in [0.15, 0.2) is 17.3 Å². The van der Waals surface area contributed by atoms with Crippen LogP contribution >= 0.6 is 0 Å². The van der Waals surface area contributed by atoms with Crippen molar-refractivity contribution in [2.75, 3.05) is 33.4 Å². The number of carbonyl (C=O) groups excluding carboxylic acids is 2. The van der Waals surface area contributed by atoms with Crippen molar-refractivity contribution in [1.82, 2.24) is 10.2 Å². The van der Waals surface area contributed by atoms with Gasteiger partial charge in [-0.2, -0.15) is 0 Å². The number of fused-ring (bicyclic) bond motifs is 1. The van der Waals surface area contributed by atoms with Gasteiger partial charge in [-0.3, -0.25) is 9.59 Å². The summed E-state index contributed by atoms with van der Waals surface area (Å²) in [7, 11) is 1.92. The first-order chi connectivity index (χ1) is 11.7. The highest BCUT2D eigenvalue weighted by Crippen LogP contribution is 2.31. The van der Waals surface area contributed by atoms with E-state index in [0.717, 1.165) is 25.9 Å². The third-order valence-corrected chi connectivity index (χ3v) is 4.61. The lowest BCUT2D eigenvalue weighted by Gasteiger charge is -2.32. The number of ketones is 1. The molecule has 1 amide bonds. The highest BCUT2D eigenvalue weighted by molar-refractivity contribution is 5.98. The van der Waals surface area contributed by atoms with Crippen LogP contribution in [0.1, 0.15) is 36.0 Å². The van der Waals surface area contributed by atoms with Crippen LogP contribution < -0.4 is 14.8 Å². The summed E-state index contributed by atoms with van der Waals surface area (Å²) < 4.78 is 11.0. The number of nitrogens with one attached hydrogen (secondary N) is 1. The first kappa shape index (κ1) is 16.8. The van der Waals surface area contributed by atoms with E-state index in [4.69, 9.17) is 9.47 Å². The monoisotopic (exact) mass is 332 g/mol. The van der Waals surface area contributed by atoms with Crippen LogP contribution in [0.4, 0.5) is 0 Å². The predicted molar refractivity (Wildman–Crippen MR) is 89.7 cm³/mol. The van der Waals surface area contributed by atoms with E-state index in [1.54, 1.807) is 18.2 Å². The molecule has 1 aromatic rings. The molecule has 2 aliphatic rings. The van der Waals surface area contributed by atoms with Gasteiger partial charge in [0.2, 0.25) is 5.91 Å². The van der Waals surface area contributed by atoms with Crippen LogP contribution in [0.15, 0.2) is 18.2 Å². The molecule has 0 spiro atoms. The van der Waals surface area contributed by atoms with Crippen LogP contribution in [0.2, 0.25) is 0 Å². The fourth-order valence-electron chi connectivity index (χ4n) is 3.18. The Bertz CT molecular complexity index is 617. The third kappa shape index (κ3) is 3.87. The lowest BCUT2D eigenvalue weighted by atomic mass is 10.0. The van der Waals surface area contributed by atoms with E-state index in [1.165, 1.54) is 0 Å². The number of likely N-dealkylation sites (tertiary alicyclic amines) is 1. The molecular formula is C18H24N2O4. The number of benzene rings is 1.